The van der Waals surface area contributed by atoms with Gasteiger partial charge in [-0.15, -0.1) is 0 Å². The number of nitro groups is 1. The highest BCUT2D eigenvalue weighted by atomic mass is 79.9. The zero-order valence-corrected chi connectivity index (χ0v) is 14.4. The van der Waals surface area contributed by atoms with E-state index >= 15 is 0 Å². The molecule has 0 radical (unpaired) electrons. The number of esters is 1. The van der Waals surface area contributed by atoms with E-state index in [2.05, 4.69) is 21.2 Å². The first-order valence-electron chi connectivity index (χ1n) is 7.09. The Balaban J connectivity index is 1.84. The summed E-state index contributed by atoms with van der Waals surface area (Å²) >= 11 is 3.32. The van der Waals surface area contributed by atoms with Gasteiger partial charge in [-0.05, 0) is 29.8 Å². The number of carbonyl (C=O) groups is 2. The van der Waals surface area contributed by atoms with E-state index in [-0.39, 0.29) is 11.4 Å². The SMILES string of the molecule is O=C(COC(=O)/C=C/c1cccc(Br)c1)Nc1cccc([N+](=O)[O-])c1. The molecule has 0 aliphatic carbocycles. The molecule has 0 saturated heterocycles. The van der Waals surface area contributed by atoms with Crippen LogP contribution in [0.15, 0.2) is 59.1 Å². The van der Waals surface area contributed by atoms with Gasteiger partial charge in [-0.25, -0.2) is 4.79 Å². The fourth-order valence-corrected chi connectivity index (χ4v) is 2.27. The van der Waals surface area contributed by atoms with Gasteiger partial charge in [0.15, 0.2) is 6.61 Å². The van der Waals surface area contributed by atoms with Crippen molar-refractivity contribution in [3.05, 3.63) is 74.8 Å². The summed E-state index contributed by atoms with van der Waals surface area (Å²) in [6.07, 6.45) is 2.77. The van der Waals surface area contributed by atoms with Gasteiger partial charge in [-0.2, -0.15) is 0 Å². The molecular formula is C17H13BrN2O5. The van der Waals surface area contributed by atoms with E-state index in [1.807, 2.05) is 24.3 Å². The van der Waals surface area contributed by atoms with Crippen molar-refractivity contribution in [2.45, 2.75) is 0 Å². The molecule has 0 aromatic heterocycles. The summed E-state index contributed by atoms with van der Waals surface area (Å²) in [6.45, 7) is -0.496. The first-order valence-corrected chi connectivity index (χ1v) is 7.88. The van der Waals surface area contributed by atoms with E-state index < -0.39 is 23.4 Å². The predicted octanol–water partition coefficient (Wildman–Crippen LogP) is 3.55. The van der Waals surface area contributed by atoms with Gasteiger partial charge in [0.05, 0.1) is 4.92 Å². The Morgan fingerprint density at radius 2 is 1.96 bits per heavy atom. The molecule has 2 aromatic carbocycles. The molecule has 0 atom stereocenters. The van der Waals surface area contributed by atoms with Crippen molar-refractivity contribution in [2.75, 3.05) is 11.9 Å². The molecule has 0 bridgehead atoms. The lowest BCUT2D eigenvalue weighted by Gasteiger charge is -2.05. The van der Waals surface area contributed by atoms with E-state index in [0.717, 1.165) is 10.0 Å². The Bertz CT molecular complexity index is 835. The minimum Gasteiger partial charge on any atom is -0.452 e. The number of non-ortho nitro benzene ring substituents is 1. The number of hydrogen-bond donors (Lipinski definition) is 1. The van der Waals surface area contributed by atoms with Crippen molar-refractivity contribution < 1.29 is 19.2 Å². The third-order valence-electron chi connectivity index (χ3n) is 2.95. The second-order valence-electron chi connectivity index (χ2n) is 4.85. The van der Waals surface area contributed by atoms with Crippen molar-refractivity contribution in [3.8, 4) is 0 Å². The number of rotatable bonds is 6. The van der Waals surface area contributed by atoms with Crippen molar-refractivity contribution in [2.24, 2.45) is 0 Å². The first kappa shape index (κ1) is 18.3. The van der Waals surface area contributed by atoms with Crippen LogP contribution in [0.25, 0.3) is 6.08 Å². The van der Waals surface area contributed by atoms with Gasteiger partial charge in [0.1, 0.15) is 0 Å². The Morgan fingerprint density at radius 3 is 2.68 bits per heavy atom. The largest absolute Gasteiger partial charge is 0.452 e. The lowest BCUT2D eigenvalue weighted by Crippen LogP contribution is -2.20. The number of anilines is 1. The number of benzene rings is 2. The summed E-state index contributed by atoms with van der Waals surface area (Å²) in [4.78, 5) is 33.4. The number of nitrogens with zero attached hydrogens (tertiary/aromatic N) is 1. The molecule has 0 saturated carbocycles. The zero-order valence-electron chi connectivity index (χ0n) is 12.8. The fourth-order valence-electron chi connectivity index (χ4n) is 1.85. The maximum atomic E-state index is 11.7. The quantitative estimate of drug-likeness (QED) is 0.343. The van der Waals surface area contributed by atoms with Crippen LogP contribution in [0.3, 0.4) is 0 Å². The van der Waals surface area contributed by atoms with Crippen molar-refractivity contribution in [1.82, 2.24) is 0 Å². The minimum absolute atomic E-state index is 0.147. The molecule has 0 heterocycles. The third-order valence-corrected chi connectivity index (χ3v) is 3.44. The maximum absolute atomic E-state index is 11.7. The molecule has 0 aliphatic heterocycles. The summed E-state index contributed by atoms with van der Waals surface area (Å²) in [5.74, 6) is -1.26. The van der Waals surface area contributed by atoms with Crippen LogP contribution in [-0.2, 0) is 14.3 Å². The lowest BCUT2D eigenvalue weighted by molar-refractivity contribution is -0.384. The molecule has 25 heavy (non-hydrogen) atoms. The van der Waals surface area contributed by atoms with Crippen LogP contribution in [0.2, 0.25) is 0 Å². The number of nitro benzene ring substituents is 1. The summed E-state index contributed by atoms with van der Waals surface area (Å²) in [6, 6.07) is 12.8. The second kappa shape index (κ2) is 8.74. The third kappa shape index (κ3) is 6.19. The van der Waals surface area contributed by atoms with Crippen LogP contribution in [0.1, 0.15) is 5.56 Å². The van der Waals surface area contributed by atoms with Crippen molar-refractivity contribution in [3.63, 3.8) is 0 Å². The average molecular weight is 405 g/mol. The number of halogens is 1. The molecule has 1 N–H and O–H groups in total. The predicted molar refractivity (Wildman–Crippen MR) is 95.9 cm³/mol. The fraction of sp³-hybridized carbons (Fsp3) is 0.0588. The highest BCUT2D eigenvalue weighted by molar-refractivity contribution is 9.10. The zero-order chi connectivity index (χ0) is 18.2. The van der Waals surface area contributed by atoms with E-state index in [0.29, 0.717) is 0 Å². The number of hydrogen-bond acceptors (Lipinski definition) is 5. The summed E-state index contributed by atoms with van der Waals surface area (Å²) in [7, 11) is 0. The first-order chi connectivity index (χ1) is 11.9. The molecule has 0 fully saturated rings. The maximum Gasteiger partial charge on any atom is 0.331 e. The topological polar surface area (TPSA) is 98.5 Å². The molecule has 1 amide bonds. The van der Waals surface area contributed by atoms with Crippen LogP contribution < -0.4 is 5.32 Å². The van der Waals surface area contributed by atoms with Crippen LogP contribution in [0.4, 0.5) is 11.4 Å². The Labute approximate surface area is 151 Å². The molecule has 0 unspecified atom stereocenters. The molecule has 0 aliphatic rings. The smallest absolute Gasteiger partial charge is 0.331 e. The number of ether oxygens (including phenoxy) is 1. The summed E-state index contributed by atoms with van der Waals surface area (Å²) in [5, 5.41) is 13.1. The number of carbonyl (C=O) groups excluding carboxylic acids is 2. The summed E-state index contributed by atoms with van der Waals surface area (Å²) < 4.78 is 5.70. The van der Waals surface area contributed by atoms with Crippen LogP contribution in [-0.4, -0.2) is 23.4 Å². The average Bonchev–Trinajstić information content (AvgIpc) is 2.58. The standard InChI is InChI=1S/C17H13BrN2O5/c18-13-4-1-3-12(9-13)7-8-17(22)25-11-16(21)19-14-5-2-6-15(10-14)20(23)24/h1-10H,11H2,(H,19,21)/b8-7+. The van der Waals surface area contributed by atoms with Gasteiger partial charge in [0, 0.05) is 28.4 Å². The van der Waals surface area contributed by atoms with E-state index in [1.165, 1.54) is 30.3 Å². The summed E-state index contributed by atoms with van der Waals surface area (Å²) in [5.41, 5.74) is 0.902. The number of nitrogens with one attached hydrogen (secondary N) is 1. The Hall–Kier alpha value is -3.00. The molecule has 7 nitrogen and oxygen atoms in total. The highest BCUT2D eigenvalue weighted by Crippen LogP contribution is 2.17. The minimum atomic E-state index is -0.672. The monoisotopic (exact) mass is 404 g/mol. The van der Waals surface area contributed by atoms with E-state index in [9.17, 15) is 19.7 Å². The molecular weight excluding hydrogens is 392 g/mol. The van der Waals surface area contributed by atoms with Gasteiger partial charge >= 0.3 is 5.97 Å². The van der Waals surface area contributed by atoms with Crippen molar-refractivity contribution >= 4 is 45.3 Å². The molecule has 8 heteroatoms. The lowest BCUT2D eigenvalue weighted by atomic mass is 10.2. The van der Waals surface area contributed by atoms with Crippen LogP contribution in [0.5, 0.6) is 0 Å². The molecule has 2 rings (SSSR count). The normalized spacial score (nSPS) is 10.4. The van der Waals surface area contributed by atoms with Crippen molar-refractivity contribution in [1.29, 1.82) is 0 Å². The van der Waals surface area contributed by atoms with Gasteiger partial charge in [-0.3, -0.25) is 14.9 Å². The van der Waals surface area contributed by atoms with Crippen LogP contribution in [0, 0.1) is 10.1 Å². The molecule has 0 spiro atoms. The molecule has 128 valence electrons. The van der Waals surface area contributed by atoms with Crippen LogP contribution >= 0.6 is 15.9 Å². The number of amides is 1. The van der Waals surface area contributed by atoms with Gasteiger partial charge in [0.25, 0.3) is 11.6 Å². The second-order valence-corrected chi connectivity index (χ2v) is 5.77. The van der Waals surface area contributed by atoms with Gasteiger partial charge in [0.2, 0.25) is 0 Å². The molecule has 2 aromatic rings. The Kier molecular flexibility index (Phi) is 6.41. The van der Waals surface area contributed by atoms with E-state index in [1.54, 1.807) is 6.08 Å². The van der Waals surface area contributed by atoms with E-state index in [4.69, 9.17) is 4.74 Å². The van der Waals surface area contributed by atoms with Gasteiger partial charge in [-0.1, -0.05) is 34.1 Å². The van der Waals surface area contributed by atoms with Gasteiger partial charge < -0.3 is 10.1 Å². The highest BCUT2D eigenvalue weighted by Gasteiger charge is 2.09. The Morgan fingerprint density at radius 1 is 1.20 bits per heavy atom.